The zero-order chi connectivity index (χ0) is 11.8. The zero-order valence-electron chi connectivity index (χ0n) is 11.8. The van der Waals surface area contributed by atoms with E-state index in [0.717, 1.165) is 0 Å². The van der Waals surface area contributed by atoms with Gasteiger partial charge in [0.25, 0.3) is 0 Å². The number of fused-ring (bicyclic) bond motifs is 1. The minimum Gasteiger partial charge on any atom is -0.198 e. The van der Waals surface area contributed by atoms with Crippen LogP contribution in [0.15, 0.2) is 6.07 Å². The van der Waals surface area contributed by atoms with E-state index in [1.54, 1.807) is 22.3 Å². The van der Waals surface area contributed by atoms with E-state index in [4.69, 9.17) is 0 Å². The van der Waals surface area contributed by atoms with Gasteiger partial charge < -0.3 is 0 Å². The molecule has 1 aliphatic rings. The van der Waals surface area contributed by atoms with Gasteiger partial charge in [0.1, 0.15) is 0 Å². The summed E-state index contributed by atoms with van der Waals surface area (Å²) in [5.74, 6) is 0. The molecule has 1 aromatic rings. The number of rotatable bonds is 2. The predicted octanol–water partition coefficient (Wildman–Crippen LogP) is 3.48. The van der Waals surface area contributed by atoms with Crippen LogP contribution in [0.4, 0.5) is 0 Å². The molecule has 17 heavy (non-hydrogen) atoms. The Kier molecular flexibility index (Phi) is 5.37. The minimum absolute atomic E-state index is 0. The molecule has 2 rings (SSSR count). The largest absolute Gasteiger partial charge is 0.198 e. The Labute approximate surface area is 124 Å². The molecule has 0 aromatic heterocycles. The third kappa shape index (κ3) is 3.87. The molecule has 0 unspecified atom stereocenters. The van der Waals surface area contributed by atoms with E-state index in [-0.39, 0.29) is 31.2 Å². The van der Waals surface area contributed by atoms with Crippen LogP contribution in [0.3, 0.4) is 0 Å². The second-order valence-corrected chi connectivity index (χ2v) is 9.70. The smallest absolute Gasteiger partial charge is 0.0190 e. The molecule has 0 saturated heterocycles. The zero-order valence-corrected chi connectivity index (χ0v) is 14.8. The van der Waals surface area contributed by atoms with E-state index in [2.05, 4.69) is 33.8 Å². The van der Waals surface area contributed by atoms with Crippen LogP contribution in [0, 0.1) is 6.92 Å². The molecule has 0 heterocycles. The monoisotopic (exact) mass is 281 g/mol. The molecule has 0 N–H and O–H groups in total. The van der Waals surface area contributed by atoms with Crippen LogP contribution >= 0.6 is 0 Å². The summed E-state index contributed by atoms with van der Waals surface area (Å²) in [6.45, 7) is 9.52. The maximum atomic E-state index is 2.49. The van der Waals surface area contributed by atoms with Crippen molar-refractivity contribution in [1.29, 1.82) is 0 Å². The second-order valence-electron chi connectivity index (χ2n) is 6.58. The molecular weight excluding hydrogens is 256 g/mol. The van der Waals surface area contributed by atoms with E-state index in [9.17, 15) is 0 Å². The summed E-state index contributed by atoms with van der Waals surface area (Å²) in [7, 11) is 0.0344. The Bertz CT molecular complexity index is 371. The molecule has 0 amide bonds. The van der Waals surface area contributed by atoms with Crippen molar-refractivity contribution in [3.8, 4) is 0 Å². The fourth-order valence-electron chi connectivity index (χ4n) is 2.86. The van der Waals surface area contributed by atoms with Gasteiger partial charge in [0, 0.05) is 31.2 Å². The Hall–Kier alpha value is 0.281. The summed E-state index contributed by atoms with van der Waals surface area (Å²) in [5, 5.41) is 0.604. The summed E-state index contributed by atoms with van der Waals surface area (Å²) in [5.41, 5.74) is 6.76. The average molecular weight is 281 g/mol. The summed E-state index contributed by atoms with van der Waals surface area (Å²) in [4.78, 5) is 0. The summed E-state index contributed by atoms with van der Waals surface area (Å²) < 4.78 is 0. The Balaban J connectivity index is 0.00000144. The van der Waals surface area contributed by atoms with Gasteiger partial charge in [-0.3, -0.25) is 0 Å². The van der Waals surface area contributed by atoms with Gasteiger partial charge in [-0.1, -0.05) is 59.4 Å². The molecule has 0 saturated carbocycles. The molecule has 0 radical (unpaired) electrons. The average Bonchev–Trinajstić information content (AvgIpc) is 2.53. The fraction of sp³-hybridized carbons (Fsp3) is 0.667. The molecule has 2 heteroatoms. The molecule has 0 aliphatic heterocycles. The molecule has 0 spiro atoms. The van der Waals surface area contributed by atoms with Crippen LogP contribution in [0.5, 0.6) is 0 Å². The number of hydrogen-bond acceptors (Lipinski definition) is 0. The number of hydrogen-bond donors (Lipinski definition) is 0. The van der Waals surface area contributed by atoms with Crippen molar-refractivity contribution in [3.05, 3.63) is 28.3 Å². The normalized spacial score (nSPS) is 16.0. The van der Waals surface area contributed by atoms with Gasteiger partial charge in [-0.15, -0.1) is 0 Å². The van der Waals surface area contributed by atoms with Crippen LogP contribution in [-0.2, 0) is 40.6 Å². The topological polar surface area (TPSA) is 0 Å². The van der Waals surface area contributed by atoms with Crippen LogP contribution in [-0.4, -0.2) is 9.52 Å². The first kappa shape index (κ1) is 15.3. The molecular formula is C15H25SiTi-. The minimum atomic E-state index is 0. The van der Waals surface area contributed by atoms with Crippen LogP contribution in [0.1, 0.15) is 55.9 Å². The van der Waals surface area contributed by atoms with Gasteiger partial charge in [0.2, 0.25) is 0 Å². The van der Waals surface area contributed by atoms with E-state index in [0.29, 0.717) is 5.04 Å². The van der Waals surface area contributed by atoms with E-state index in [1.807, 2.05) is 0 Å². The molecule has 0 atom stereocenters. The van der Waals surface area contributed by atoms with E-state index in [1.165, 1.54) is 31.7 Å². The van der Waals surface area contributed by atoms with Crippen molar-refractivity contribution < 1.29 is 21.7 Å². The second kappa shape index (κ2) is 5.95. The Morgan fingerprint density at radius 2 is 1.88 bits per heavy atom. The molecule has 94 valence electrons. The summed E-state index contributed by atoms with van der Waals surface area (Å²) >= 11 is 0. The molecule has 0 nitrogen and oxygen atoms in total. The van der Waals surface area contributed by atoms with Gasteiger partial charge in [0.05, 0.1) is 0 Å². The first-order chi connectivity index (χ1) is 7.47. The standard InChI is InChI=1S/C15H25Si.Ti/c1-11-9-12(10-16-15(2,3)4)14-8-6-5-7-13(11)14;/h9H,5-8,10,16H2,1-4H3;/q-1;. The van der Waals surface area contributed by atoms with Gasteiger partial charge in [0.15, 0.2) is 0 Å². The predicted molar refractivity (Wildman–Crippen MR) is 75.4 cm³/mol. The Morgan fingerprint density at radius 1 is 1.24 bits per heavy atom. The molecule has 1 aromatic carbocycles. The van der Waals surface area contributed by atoms with Crippen molar-refractivity contribution in [3.63, 3.8) is 0 Å². The van der Waals surface area contributed by atoms with Crippen molar-refractivity contribution in [2.24, 2.45) is 0 Å². The summed E-state index contributed by atoms with van der Waals surface area (Å²) in [6, 6.07) is 3.91. The Morgan fingerprint density at radius 3 is 2.53 bits per heavy atom. The van der Waals surface area contributed by atoms with E-state index >= 15 is 0 Å². The van der Waals surface area contributed by atoms with Crippen LogP contribution in [0.25, 0.3) is 0 Å². The quantitative estimate of drug-likeness (QED) is 0.575. The molecule has 1 aliphatic carbocycles. The summed E-state index contributed by atoms with van der Waals surface area (Å²) in [6.07, 6.45) is 5.53. The van der Waals surface area contributed by atoms with Crippen molar-refractivity contribution in [2.75, 3.05) is 0 Å². The van der Waals surface area contributed by atoms with Crippen molar-refractivity contribution >= 4 is 9.52 Å². The molecule has 0 bridgehead atoms. The van der Waals surface area contributed by atoms with Crippen LogP contribution < -0.4 is 0 Å². The fourth-order valence-corrected chi connectivity index (χ4v) is 4.33. The third-order valence-electron chi connectivity index (χ3n) is 3.87. The first-order valence-electron chi connectivity index (χ1n) is 6.74. The maximum Gasteiger partial charge on any atom is 0.0190 e. The van der Waals surface area contributed by atoms with Crippen molar-refractivity contribution in [2.45, 2.75) is 64.5 Å². The number of aryl methyl sites for hydroxylation is 1. The van der Waals surface area contributed by atoms with Crippen molar-refractivity contribution in [1.82, 2.24) is 0 Å². The SMILES string of the molecule is Cc1c[c-](C[SiH2]C(C)(C)C)c2c1CCCC2.[Ti]. The maximum absolute atomic E-state index is 2.49. The van der Waals surface area contributed by atoms with Gasteiger partial charge >= 0.3 is 0 Å². The van der Waals surface area contributed by atoms with Gasteiger partial charge in [-0.05, 0) is 5.04 Å². The van der Waals surface area contributed by atoms with Gasteiger partial charge in [-0.25, -0.2) is 0 Å². The first-order valence-corrected chi connectivity index (χ1v) is 8.45. The third-order valence-corrected chi connectivity index (χ3v) is 6.16. The van der Waals surface area contributed by atoms with Crippen LogP contribution in [0.2, 0.25) is 5.04 Å². The molecule has 0 fully saturated rings. The van der Waals surface area contributed by atoms with E-state index < -0.39 is 0 Å². The van der Waals surface area contributed by atoms with Gasteiger partial charge in [-0.2, -0.15) is 28.3 Å².